The minimum absolute atomic E-state index is 1.10. The van der Waals surface area contributed by atoms with Crippen molar-refractivity contribution in [2.24, 2.45) is 0 Å². The van der Waals surface area contributed by atoms with Gasteiger partial charge in [-0.15, -0.1) is 0 Å². The maximum absolute atomic E-state index is 4.22. The molecule has 0 unspecified atom stereocenters. The van der Waals surface area contributed by atoms with Gasteiger partial charge in [0.1, 0.15) is 0 Å². The molecular weight excluding hydrogens is 174 g/mol. The fourth-order valence-corrected chi connectivity index (χ4v) is 1.45. The number of aromatic nitrogens is 2. The van der Waals surface area contributed by atoms with Crippen LogP contribution in [-0.2, 0) is 0 Å². The second kappa shape index (κ2) is 3.54. The Labute approximate surface area is 83.6 Å². The van der Waals surface area contributed by atoms with Gasteiger partial charge in [0.25, 0.3) is 0 Å². The lowest BCUT2D eigenvalue weighted by atomic mass is 10.2. The van der Waals surface area contributed by atoms with E-state index in [1.807, 2.05) is 43.2 Å². The molecule has 0 saturated heterocycles. The third-order valence-corrected chi connectivity index (χ3v) is 2.11. The van der Waals surface area contributed by atoms with Crippen LogP contribution in [0, 0.1) is 0 Å². The van der Waals surface area contributed by atoms with E-state index in [1.54, 1.807) is 6.20 Å². The molecule has 0 amide bonds. The van der Waals surface area contributed by atoms with Crippen LogP contribution in [0.15, 0.2) is 42.7 Å². The predicted molar refractivity (Wildman–Crippen MR) is 57.9 cm³/mol. The van der Waals surface area contributed by atoms with Gasteiger partial charge in [-0.1, -0.05) is 12.1 Å². The number of para-hydroxylation sites is 2. The molecule has 0 bridgehead atoms. The summed E-state index contributed by atoms with van der Waals surface area (Å²) < 4.78 is 1.87. The van der Waals surface area contributed by atoms with Gasteiger partial charge < -0.3 is 4.90 Å². The molecular formula is C11H13N3. The van der Waals surface area contributed by atoms with Gasteiger partial charge in [0.2, 0.25) is 0 Å². The van der Waals surface area contributed by atoms with E-state index in [2.05, 4.69) is 22.1 Å². The zero-order valence-corrected chi connectivity index (χ0v) is 8.38. The van der Waals surface area contributed by atoms with Crippen LogP contribution in [0.25, 0.3) is 5.69 Å². The first-order valence-corrected chi connectivity index (χ1v) is 4.55. The average Bonchev–Trinajstić information content (AvgIpc) is 2.70. The van der Waals surface area contributed by atoms with Gasteiger partial charge in [0.15, 0.2) is 0 Å². The molecule has 0 spiro atoms. The van der Waals surface area contributed by atoms with Crippen molar-refractivity contribution in [1.82, 2.24) is 9.78 Å². The summed E-state index contributed by atoms with van der Waals surface area (Å²) in [5.41, 5.74) is 2.26. The van der Waals surface area contributed by atoms with Crippen molar-refractivity contribution in [3.63, 3.8) is 0 Å². The lowest BCUT2D eigenvalue weighted by Crippen LogP contribution is -2.12. The van der Waals surface area contributed by atoms with Gasteiger partial charge in [0.05, 0.1) is 11.4 Å². The maximum Gasteiger partial charge on any atom is 0.0878 e. The van der Waals surface area contributed by atoms with Crippen molar-refractivity contribution in [1.29, 1.82) is 0 Å². The highest BCUT2D eigenvalue weighted by atomic mass is 15.3. The number of rotatable bonds is 2. The predicted octanol–water partition coefficient (Wildman–Crippen LogP) is 1.94. The molecule has 2 rings (SSSR count). The number of hydrogen-bond acceptors (Lipinski definition) is 2. The number of anilines is 1. The van der Waals surface area contributed by atoms with Gasteiger partial charge in [-0.05, 0) is 18.2 Å². The largest absolute Gasteiger partial charge is 0.376 e. The van der Waals surface area contributed by atoms with E-state index < -0.39 is 0 Å². The standard InChI is InChI=1S/C11H13N3/c1-13(2)10-6-3-4-7-11(10)14-9-5-8-12-14/h3-9H,1-2H3. The van der Waals surface area contributed by atoms with Gasteiger partial charge in [0, 0.05) is 26.5 Å². The zero-order chi connectivity index (χ0) is 9.97. The molecule has 0 fully saturated rings. The summed E-state index contributed by atoms with van der Waals surface area (Å²) in [7, 11) is 4.06. The molecule has 0 aliphatic rings. The van der Waals surface area contributed by atoms with Crippen molar-refractivity contribution in [3.05, 3.63) is 42.7 Å². The van der Waals surface area contributed by atoms with E-state index in [0.717, 1.165) is 11.4 Å². The topological polar surface area (TPSA) is 21.1 Å². The summed E-state index contributed by atoms with van der Waals surface area (Å²) in [6.07, 6.45) is 3.73. The molecule has 0 aliphatic carbocycles. The van der Waals surface area contributed by atoms with E-state index in [9.17, 15) is 0 Å². The van der Waals surface area contributed by atoms with Gasteiger partial charge in [-0.2, -0.15) is 5.10 Å². The van der Waals surface area contributed by atoms with E-state index in [4.69, 9.17) is 0 Å². The SMILES string of the molecule is CN(C)c1ccccc1-n1cccn1. The lowest BCUT2D eigenvalue weighted by Gasteiger charge is -2.16. The molecule has 0 N–H and O–H groups in total. The second-order valence-corrected chi connectivity index (χ2v) is 3.33. The first-order valence-electron chi connectivity index (χ1n) is 4.55. The molecule has 3 nitrogen and oxygen atoms in total. The Balaban J connectivity index is 2.53. The summed E-state index contributed by atoms with van der Waals surface area (Å²) in [5, 5.41) is 4.22. The molecule has 14 heavy (non-hydrogen) atoms. The minimum Gasteiger partial charge on any atom is -0.376 e. The van der Waals surface area contributed by atoms with Crippen LogP contribution in [0.4, 0.5) is 5.69 Å². The summed E-state index contributed by atoms with van der Waals surface area (Å²) in [5.74, 6) is 0. The van der Waals surface area contributed by atoms with E-state index in [1.165, 1.54) is 0 Å². The highest BCUT2D eigenvalue weighted by molar-refractivity contribution is 5.61. The Morgan fingerprint density at radius 3 is 2.57 bits per heavy atom. The quantitative estimate of drug-likeness (QED) is 0.716. The van der Waals surface area contributed by atoms with E-state index in [-0.39, 0.29) is 0 Å². The maximum atomic E-state index is 4.22. The van der Waals surface area contributed by atoms with Gasteiger partial charge in [-0.3, -0.25) is 0 Å². The minimum atomic E-state index is 1.10. The zero-order valence-electron chi connectivity index (χ0n) is 8.38. The van der Waals surface area contributed by atoms with Crippen molar-refractivity contribution in [2.75, 3.05) is 19.0 Å². The summed E-state index contributed by atoms with van der Waals surface area (Å²) in [6.45, 7) is 0. The van der Waals surface area contributed by atoms with Crippen LogP contribution >= 0.6 is 0 Å². The highest BCUT2D eigenvalue weighted by Crippen LogP contribution is 2.20. The third-order valence-electron chi connectivity index (χ3n) is 2.11. The van der Waals surface area contributed by atoms with Crippen LogP contribution < -0.4 is 4.90 Å². The molecule has 2 aromatic rings. The van der Waals surface area contributed by atoms with Crippen LogP contribution in [-0.4, -0.2) is 23.9 Å². The normalized spacial score (nSPS) is 10.1. The Kier molecular flexibility index (Phi) is 2.23. The first kappa shape index (κ1) is 8.81. The molecule has 0 aliphatic heterocycles. The van der Waals surface area contributed by atoms with Gasteiger partial charge in [-0.25, -0.2) is 4.68 Å². The lowest BCUT2D eigenvalue weighted by molar-refractivity contribution is 0.874. The highest BCUT2D eigenvalue weighted by Gasteiger charge is 2.04. The summed E-state index contributed by atoms with van der Waals surface area (Å²) >= 11 is 0. The molecule has 1 heterocycles. The molecule has 0 radical (unpaired) electrons. The van der Waals surface area contributed by atoms with Crippen LogP contribution in [0.1, 0.15) is 0 Å². The van der Waals surface area contributed by atoms with Crippen LogP contribution in [0.3, 0.4) is 0 Å². The van der Waals surface area contributed by atoms with Crippen LogP contribution in [0.2, 0.25) is 0 Å². The second-order valence-electron chi connectivity index (χ2n) is 3.33. The summed E-state index contributed by atoms with van der Waals surface area (Å²) in [6, 6.07) is 10.1. The molecule has 1 aromatic heterocycles. The molecule has 0 saturated carbocycles. The van der Waals surface area contributed by atoms with Crippen LogP contribution in [0.5, 0.6) is 0 Å². The number of hydrogen-bond donors (Lipinski definition) is 0. The van der Waals surface area contributed by atoms with Crippen molar-refractivity contribution >= 4 is 5.69 Å². The fourth-order valence-electron chi connectivity index (χ4n) is 1.45. The molecule has 0 atom stereocenters. The smallest absolute Gasteiger partial charge is 0.0878 e. The summed E-state index contributed by atoms with van der Waals surface area (Å²) in [4.78, 5) is 2.08. The molecule has 1 aromatic carbocycles. The number of nitrogens with zero attached hydrogens (tertiary/aromatic N) is 3. The van der Waals surface area contributed by atoms with Crippen molar-refractivity contribution in [2.45, 2.75) is 0 Å². The Morgan fingerprint density at radius 2 is 1.93 bits per heavy atom. The van der Waals surface area contributed by atoms with E-state index in [0.29, 0.717) is 0 Å². The fraction of sp³-hybridized carbons (Fsp3) is 0.182. The van der Waals surface area contributed by atoms with Gasteiger partial charge >= 0.3 is 0 Å². The van der Waals surface area contributed by atoms with Crippen molar-refractivity contribution in [3.8, 4) is 5.69 Å². The van der Waals surface area contributed by atoms with E-state index >= 15 is 0 Å². The number of benzene rings is 1. The monoisotopic (exact) mass is 187 g/mol. The average molecular weight is 187 g/mol. The van der Waals surface area contributed by atoms with Crippen molar-refractivity contribution < 1.29 is 0 Å². The molecule has 72 valence electrons. The molecule has 3 heteroatoms. The Hall–Kier alpha value is -1.77. The third kappa shape index (κ3) is 1.48. The Bertz CT molecular complexity index is 404. The Morgan fingerprint density at radius 1 is 1.14 bits per heavy atom. The first-order chi connectivity index (χ1) is 6.79.